The first-order valence-electron chi connectivity index (χ1n) is 7.56. The van der Waals surface area contributed by atoms with Gasteiger partial charge in [0.1, 0.15) is 0 Å². The summed E-state index contributed by atoms with van der Waals surface area (Å²) in [6.45, 7) is 5.72. The number of nitrogens with one attached hydrogen (secondary N) is 2. The zero-order valence-electron chi connectivity index (χ0n) is 13.5. The summed E-state index contributed by atoms with van der Waals surface area (Å²) < 4.78 is 32.6. The molecule has 0 unspecified atom stereocenters. The van der Waals surface area contributed by atoms with Gasteiger partial charge in [-0.1, -0.05) is 6.07 Å². The quantitative estimate of drug-likeness (QED) is 0.758. The summed E-state index contributed by atoms with van der Waals surface area (Å²) >= 11 is 0. The highest BCUT2D eigenvalue weighted by Crippen LogP contribution is 2.15. The molecule has 1 heterocycles. The number of aryl methyl sites for hydroxylation is 1. The topological polar surface area (TPSA) is 87.7 Å². The lowest BCUT2D eigenvalue weighted by Crippen LogP contribution is -2.41. The molecule has 1 fully saturated rings. The lowest BCUT2D eigenvalue weighted by molar-refractivity contribution is 0.0390. The van der Waals surface area contributed by atoms with Crippen LogP contribution in [0, 0.1) is 6.92 Å². The average molecular weight is 341 g/mol. The van der Waals surface area contributed by atoms with Crippen molar-refractivity contribution < 1.29 is 17.9 Å². The molecule has 2 N–H and O–H groups in total. The van der Waals surface area contributed by atoms with E-state index in [0.717, 1.165) is 18.7 Å². The Bertz CT molecular complexity index is 655. The van der Waals surface area contributed by atoms with Gasteiger partial charge in [-0.2, -0.15) is 0 Å². The van der Waals surface area contributed by atoms with Crippen molar-refractivity contribution in [1.82, 2.24) is 14.9 Å². The molecular formula is C15H23N3O4S. The standard InChI is InChI=1S/C15H23N3O4S/c1-12-3-4-13(11-14(12)15(19)16-2)23(20,21)17-5-6-18-7-9-22-10-8-18/h3-4,11,17H,5-10H2,1-2H3,(H,16,19). The average Bonchev–Trinajstić information content (AvgIpc) is 2.55. The lowest BCUT2D eigenvalue weighted by Gasteiger charge is -2.26. The maximum atomic E-state index is 12.4. The maximum Gasteiger partial charge on any atom is 0.251 e. The Labute approximate surface area is 137 Å². The van der Waals surface area contributed by atoms with E-state index in [1.54, 1.807) is 13.0 Å². The Morgan fingerprint density at radius 3 is 2.65 bits per heavy atom. The predicted molar refractivity (Wildman–Crippen MR) is 87.0 cm³/mol. The number of sulfonamides is 1. The normalized spacial score (nSPS) is 16.3. The van der Waals surface area contributed by atoms with Crippen LogP contribution in [0.1, 0.15) is 15.9 Å². The number of rotatable bonds is 6. The van der Waals surface area contributed by atoms with Crippen LogP contribution in [0.3, 0.4) is 0 Å². The maximum absolute atomic E-state index is 12.4. The first kappa shape index (κ1) is 17.9. The molecule has 1 aliphatic heterocycles. The second-order valence-electron chi connectivity index (χ2n) is 5.41. The zero-order chi connectivity index (χ0) is 16.9. The van der Waals surface area contributed by atoms with E-state index < -0.39 is 10.0 Å². The molecule has 0 aromatic heterocycles. The fourth-order valence-corrected chi connectivity index (χ4v) is 3.44. The van der Waals surface area contributed by atoms with Crippen molar-refractivity contribution in [2.75, 3.05) is 46.4 Å². The predicted octanol–water partition coefficient (Wildman–Crippen LogP) is -0.0349. The van der Waals surface area contributed by atoms with Crippen LogP contribution in [-0.2, 0) is 14.8 Å². The minimum absolute atomic E-state index is 0.101. The summed E-state index contributed by atoms with van der Waals surface area (Å²) in [4.78, 5) is 14.0. The van der Waals surface area contributed by atoms with Crippen molar-refractivity contribution in [3.05, 3.63) is 29.3 Å². The second-order valence-corrected chi connectivity index (χ2v) is 7.17. The summed E-state index contributed by atoms with van der Waals surface area (Å²) in [7, 11) is -2.11. The molecule has 0 bridgehead atoms. The molecule has 1 amide bonds. The second kappa shape index (κ2) is 7.87. The highest BCUT2D eigenvalue weighted by Gasteiger charge is 2.18. The van der Waals surface area contributed by atoms with Crippen LogP contribution in [0.2, 0.25) is 0 Å². The molecule has 0 saturated carbocycles. The third kappa shape index (κ3) is 4.74. The summed E-state index contributed by atoms with van der Waals surface area (Å²) in [5, 5.41) is 2.51. The van der Waals surface area contributed by atoms with Crippen molar-refractivity contribution in [2.24, 2.45) is 0 Å². The molecule has 1 aromatic rings. The lowest BCUT2D eigenvalue weighted by atomic mass is 10.1. The number of morpholine rings is 1. The van der Waals surface area contributed by atoms with Crippen molar-refractivity contribution in [3.8, 4) is 0 Å². The molecule has 0 aliphatic carbocycles. The van der Waals surface area contributed by atoms with Gasteiger partial charge in [-0.15, -0.1) is 0 Å². The van der Waals surface area contributed by atoms with Gasteiger partial charge in [0.15, 0.2) is 0 Å². The number of carbonyl (C=O) groups excluding carboxylic acids is 1. The van der Waals surface area contributed by atoms with Crippen LogP contribution in [-0.4, -0.2) is 65.7 Å². The van der Waals surface area contributed by atoms with Gasteiger partial charge in [0.05, 0.1) is 18.1 Å². The third-order valence-electron chi connectivity index (χ3n) is 3.81. The number of nitrogens with zero attached hydrogens (tertiary/aromatic N) is 1. The van der Waals surface area contributed by atoms with Gasteiger partial charge in [0.2, 0.25) is 10.0 Å². The smallest absolute Gasteiger partial charge is 0.251 e. The molecule has 0 spiro atoms. The first-order valence-corrected chi connectivity index (χ1v) is 9.05. The Morgan fingerprint density at radius 2 is 2.00 bits per heavy atom. The van der Waals surface area contributed by atoms with E-state index in [9.17, 15) is 13.2 Å². The minimum Gasteiger partial charge on any atom is -0.379 e. The largest absolute Gasteiger partial charge is 0.379 e. The van der Waals surface area contributed by atoms with Crippen molar-refractivity contribution in [2.45, 2.75) is 11.8 Å². The van der Waals surface area contributed by atoms with Crippen LogP contribution >= 0.6 is 0 Å². The Kier molecular flexibility index (Phi) is 6.11. The van der Waals surface area contributed by atoms with Crippen molar-refractivity contribution >= 4 is 15.9 Å². The summed E-state index contributed by atoms with van der Waals surface area (Å²) in [5.41, 5.74) is 1.10. The van der Waals surface area contributed by atoms with Crippen LogP contribution in [0.4, 0.5) is 0 Å². The fourth-order valence-electron chi connectivity index (χ4n) is 2.39. The highest BCUT2D eigenvalue weighted by molar-refractivity contribution is 7.89. The molecule has 7 nitrogen and oxygen atoms in total. The van der Waals surface area contributed by atoms with Crippen LogP contribution < -0.4 is 10.0 Å². The van der Waals surface area contributed by atoms with E-state index in [4.69, 9.17) is 4.74 Å². The monoisotopic (exact) mass is 341 g/mol. The van der Waals surface area contributed by atoms with Gasteiger partial charge in [-0.25, -0.2) is 13.1 Å². The zero-order valence-corrected chi connectivity index (χ0v) is 14.3. The van der Waals surface area contributed by atoms with E-state index >= 15 is 0 Å². The van der Waals surface area contributed by atoms with E-state index in [1.807, 2.05) is 0 Å². The van der Waals surface area contributed by atoms with Gasteiger partial charge in [0.25, 0.3) is 5.91 Å². The number of ether oxygens (including phenoxy) is 1. The molecular weight excluding hydrogens is 318 g/mol. The molecule has 2 rings (SSSR count). The number of carbonyl (C=O) groups is 1. The number of hydrogen-bond acceptors (Lipinski definition) is 5. The molecule has 8 heteroatoms. The van der Waals surface area contributed by atoms with Crippen LogP contribution in [0.25, 0.3) is 0 Å². The Hall–Kier alpha value is -1.48. The van der Waals surface area contributed by atoms with Gasteiger partial charge in [0, 0.05) is 38.8 Å². The number of benzene rings is 1. The summed E-state index contributed by atoms with van der Waals surface area (Å²) in [6.07, 6.45) is 0. The molecule has 0 atom stereocenters. The van der Waals surface area contributed by atoms with Crippen LogP contribution in [0.15, 0.2) is 23.1 Å². The Balaban J connectivity index is 2.02. The highest BCUT2D eigenvalue weighted by atomic mass is 32.2. The van der Waals surface area contributed by atoms with Gasteiger partial charge >= 0.3 is 0 Å². The fraction of sp³-hybridized carbons (Fsp3) is 0.533. The molecule has 1 aliphatic rings. The number of hydrogen-bond donors (Lipinski definition) is 2. The summed E-state index contributed by atoms with van der Waals surface area (Å²) in [6, 6.07) is 4.56. The molecule has 1 aromatic carbocycles. The molecule has 0 radical (unpaired) electrons. The third-order valence-corrected chi connectivity index (χ3v) is 5.27. The first-order chi connectivity index (χ1) is 10.9. The van der Waals surface area contributed by atoms with E-state index in [0.29, 0.717) is 31.9 Å². The van der Waals surface area contributed by atoms with Crippen LogP contribution in [0.5, 0.6) is 0 Å². The molecule has 1 saturated heterocycles. The SMILES string of the molecule is CNC(=O)c1cc(S(=O)(=O)NCCN2CCOCC2)ccc1C. The van der Waals surface area contributed by atoms with E-state index in [1.165, 1.54) is 19.2 Å². The van der Waals surface area contributed by atoms with Gasteiger partial charge in [-0.3, -0.25) is 9.69 Å². The van der Waals surface area contributed by atoms with E-state index in [2.05, 4.69) is 14.9 Å². The number of amides is 1. The summed E-state index contributed by atoms with van der Waals surface area (Å²) in [5.74, 6) is -0.298. The molecule has 128 valence electrons. The van der Waals surface area contributed by atoms with Gasteiger partial charge < -0.3 is 10.1 Å². The van der Waals surface area contributed by atoms with E-state index in [-0.39, 0.29) is 10.8 Å². The minimum atomic E-state index is -3.63. The molecule has 23 heavy (non-hydrogen) atoms. The Morgan fingerprint density at radius 1 is 1.30 bits per heavy atom. The van der Waals surface area contributed by atoms with Crippen molar-refractivity contribution in [3.63, 3.8) is 0 Å². The van der Waals surface area contributed by atoms with Crippen molar-refractivity contribution in [1.29, 1.82) is 0 Å². The van der Waals surface area contributed by atoms with Gasteiger partial charge in [-0.05, 0) is 24.6 Å².